The fraction of sp³-hybridized carbons (Fsp3) is 0.381. The quantitative estimate of drug-likeness (QED) is 0.160. The van der Waals surface area contributed by atoms with Gasteiger partial charge in [0.1, 0.15) is 11.6 Å². The number of benzene rings is 4. The van der Waals surface area contributed by atoms with Gasteiger partial charge in [-0.05, 0) is 107 Å². The predicted molar refractivity (Wildman–Crippen MR) is 199 cm³/mol. The van der Waals surface area contributed by atoms with Gasteiger partial charge in [-0.3, -0.25) is 0 Å². The average molecular weight is 691 g/mol. The number of aromatic nitrogens is 2. The molecule has 1 saturated carbocycles. The second-order valence-corrected chi connectivity index (χ2v) is 17.3. The lowest BCUT2D eigenvalue weighted by Crippen LogP contribution is -2.50. The summed E-state index contributed by atoms with van der Waals surface area (Å²) in [5.41, 5.74) is 9.47. The highest BCUT2D eigenvalue weighted by atomic mass is 32.2. The number of carbonyl (C=O) groups is 1. The normalized spacial score (nSPS) is 21.9. The zero-order valence-electron chi connectivity index (χ0n) is 29.5. The summed E-state index contributed by atoms with van der Waals surface area (Å²) in [6.07, 6.45) is 7.56. The largest absolute Gasteiger partial charge is 0.482 e. The van der Waals surface area contributed by atoms with Crippen LogP contribution in [-0.2, 0) is 32.9 Å². The molecule has 2 aliphatic rings. The number of ether oxygens (including phenoxy) is 1. The maximum Gasteiger partial charge on any atom is 0.341 e. The Morgan fingerprint density at radius 3 is 2.56 bits per heavy atom. The van der Waals surface area contributed by atoms with Crippen molar-refractivity contribution in [3.63, 3.8) is 0 Å². The summed E-state index contributed by atoms with van der Waals surface area (Å²) in [4.78, 5) is 20.2. The molecular formula is C42H46N2O5S. The molecule has 0 amide bonds. The van der Waals surface area contributed by atoms with E-state index in [9.17, 15) is 13.2 Å². The van der Waals surface area contributed by atoms with Crippen molar-refractivity contribution in [1.82, 2.24) is 9.97 Å². The minimum Gasteiger partial charge on any atom is -0.482 e. The zero-order chi connectivity index (χ0) is 35.4. The Morgan fingerprint density at radius 2 is 1.80 bits per heavy atom. The first kappa shape index (κ1) is 34.0. The lowest BCUT2D eigenvalue weighted by Gasteiger charge is -2.56. The molecule has 3 atom stereocenters. The molecule has 1 fully saturated rings. The van der Waals surface area contributed by atoms with E-state index in [0.29, 0.717) is 33.9 Å². The number of hydrogen-bond acceptors (Lipinski definition) is 5. The van der Waals surface area contributed by atoms with E-state index in [2.05, 4.69) is 50.9 Å². The number of aryl methyl sites for hydroxylation is 1. The molecule has 4 aromatic carbocycles. The standard InChI is InChI=1S/C42H46N2O5S/c1-26(2)27-14-17-34-28(22-27)15-19-37-41(3,20-9-21-42(34,37)4)24-33-31(32-12-6-7-13-36(32)50(5,47)48)16-18-35-39(33)44-40(43-35)29-10-8-11-30(23-29)49-25-38(45)46/h6-8,10-14,16-18,22-23,26,37H,9,15,19-21,24-25H2,1-5H3,(H,43,44)(H,45,46)/t37-,41+,42+/m0/s1. The lowest BCUT2D eigenvalue weighted by molar-refractivity contribution is -0.139. The summed E-state index contributed by atoms with van der Waals surface area (Å²) in [7, 11) is -3.51. The molecule has 1 heterocycles. The fourth-order valence-electron chi connectivity index (χ4n) is 9.21. The van der Waals surface area contributed by atoms with Gasteiger partial charge in [-0.15, -0.1) is 0 Å². The Bertz CT molecular complexity index is 2220. The van der Waals surface area contributed by atoms with Crippen molar-refractivity contribution in [2.24, 2.45) is 11.3 Å². The highest BCUT2D eigenvalue weighted by Gasteiger charge is 2.52. The van der Waals surface area contributed by atoms with Crippen LogP contribution in [0.5, 0.6) is 5.75 Å². The highest BCUT2D eigenvalue weighted by molar-refractivity contribution is 7.90. The topological polar surface area (TPSA) is 109 Å². The van der Waals surface area contributed by atoms with Crippen LogP contribution in [0.15, 0.2) is 83.8 Å². The third-order valence-corrected chi connectivity index (χ3v) is 12.7. The summed E-state index contributed by atoms with van der Waals surface area (Å²) < 4.78 is 31.7. The smallest absolute Gasteiger partial charge is 0.341 e. The molecule has 0 bridgehead atoms. The second-order valence-electron chi connectivity index (χ2n) is 15.3. The molecule has 7 nitrogen and oxygen atoms in total. The van der Waals surface area contributed by atoms with Crippen molar-refractivity contribution in [3.05, 3.63) is 101 Å². The molecule has 8 heteroatoms. The predicted octanol–water partition coefficient (Wildman–Crippen LogP) is 9.14. The monoisotopic (exact) mass is 690 g/mol. The average Bonchev–Trinajstić information content (AvgIpc) is 3.52. The summed E-state index contributed by atoms with van der Waals surface area (Å²) in [5, 5.41) is 9.12. The molecule has 0 spiro atoms. The molecule has 2 aliphatic carbocycles. The Hall–Kier alpha value is -4.43. The van der Waals surface area contributed by atoms with E-state index in [1.807, 2.05) is 36.4 Å². The summed E-state index contributed by atoms with van der Waals surface area (Å²) >= 11 is 0. The Kier molecular flexibility index (Phi) is 8.66. The number of H-pyrrole nitrogens is 1. The zero-order valence-corrected chi connectivity index (χ0v) is 30.4. The number of nitrogens with one attached hydrogen (secondary N) is 1. The SMILES string of the molecule is CC(C)c1ccc2c(c1)CC[C@H]1[C@@](C)(Cc3c(-c4ccccc4S(C)(=O)=O)ccc4[nH]c(-c5cccc(OCC(=O)O)c5)nc34)CCC[C@]21C. The van der Waals surface area contributed by atoms with Crippen LogP contribution in [-0.4, -0.2) is 42.3 Å². The van der Waals surface area contributed by atoms with Gasteiger partial charge in [0.15, 0.2) is 16.4 Å². The maximum atomic E-state index is 13.1. The van der Waals surface area contributed by atoms with E-state index in [1.54, 1.807) is 24.3 Å². The number of fused-ring (bicyclic) bond motifs is 4. The molecule has 0 aliphatic heterocycles. The number of hydrogen-bond donors (Lipinski definition) is 2. The molecule has 5 aromatic rings. The van der Waals surface area contributed by atoms with Crippen molar-refractivity contribution in [3.8, 4) is 28.3 Å². The number of imidazole rings is 1. The van der Waals surface area contributed by atoms with Crippen molar-refractivity contribution in [2.45, 2.75) is 82.4 Å². The molecular weight excluding hydrogens is 645 g/mol. The number of aliphatic carboxylic acids is 1. The summed E-state index contributed by atoms with van der Waals surface area (Å²) in [6, 6.07) is 25.8. The van der Waals surface area contributed by atoms with Gasteiger partial charge in [-0.25, -0.2) is 18.2 Å². The number of rotatable bonds is 9. The lowest BCUT2D eigenvalue weighted by atomic mass is 9.48. The third kappa shape index (κ3) is 6.12. The van der Waals surface area contributed by atoms with E-state index in [1.165, 1.54) is 22.9 Å². The van der Waals surface area contributed by atoms with Gasteiger partial charge in [0, 0.05) is 17.4 Å². The Balaban J connectivity index is 1.37. The van der Waals surface area contributed by atoms with Crippen molar-refractivity contribution < 1.29 is 23.1 Å². The van der Waals surface area contributed by atoms with Gasteiger partial charge in [-0.1, -0.05) is 88.7 Å². The summed E-state index contributed by atoms with van der Waals surface area (Å²) in [5.74, 6) is 0.979. The Morgan fingerprint density at radius 1 is 1.00 bits per heavy atom. The molecule has 0 unspecified atom stereocenters. The van der Waals surface area contributed by atoms with Crippen LogP contribution in [0, 0.1) is 11.3 Å². The van der Waals surface area contributed by atoms with Gasteiger partial charge in [0.25, 0.3) is 0 Å². The number of carboxylic acid groups (broad SMARTS) is 1. The summed E-state index contributed by atoms with van der Waals surface area (Å²) in [6.45, 7) is 9.02. The molecule has 50 heavy (non-hydrogen) atoms. The first-order valence-electron chi connectivity index (χ1n) is 17.7. The number of sulfone groups is 1. The maximum absolute atomic E-state index is 13.1. The molecule has 0 saturated heterocycles. The van der Waals surface area contributed by atoms with Crippen LogP contribution in [0.25, 0.3) is 33.5 Å². The fourth-order valence-corrected chi connectivity index (χ4v) is 10.1. The molecule has 260 valence electrons. The molecule has 2 N–H and O–H groups in total. The van der Waals surface area contributed by atoms with Crippen LogP contribution in [0.2, 0.25) is 0 Å². The number of nitrogens with zero attached hydrogens (tertiary/aromatic N) is 1. The highest BCUT2D eigenvalue weighted by Crippen LogP contribution is 2.59. The van der Waals surface area contributed by atoms with E-state index in [-0.39, 0.29) is 10.8 Å². The molecule has 0 radical (unpaired) electrons. The minimum absolute atomic E-state index is 0.0436. The van der Waals surface area contributed by atoms with Crippen LogP contribution >= 0.6 is 0 Å². The first-order valence-corrected chi connectivity index (χ1v) is 19.6. The van der Waals surface area contributed by atoms with Gasteiger partial charge in [0.2, 0.25) is 0 Å². The van der Waals surface area contributed by atoms with Gasteiger partial charge in [0.05, 0.1) is 15.9 Å². The van der Waals surface area contributed by atoms with E-state index >= 15 is 0 Å². The third-order valence-electron chi connectivity index (χ3n) is 11.6. The van der Waals surface area contributed by atoms with Crippen molar-refractivity contribution >= 4 is 26.8 Å². The van der Waals surface area contributed by atoms with Crippen LogP contribution < -0.4 is 4.74 Å². The van der Waals surface area contributed by atoms with E-state index < -0.39 is 22.4 Å². The van der Waals surface area contributed by atoms with Gasteiger partial charge in [-0.2, -0.15) is 0 Å². The Labute approximate surface area is 295 Å². The first-order chi connectivity index (χ1) is 23.8. The second kappa shape index (κ2) is 12.7. The van der Waals surface area contributed by atoms with Crippen LogP contribution in [0.3, 0.4) is 0 Å². The van der Waals surface area contributed by atoms with Gasteiger partial charge < -0.3 is 14.8 Å². The van der Waals surface area contributed by atoms with E-state index in [0.717, 1.165) is 66.2 Å². The van der Waals surface area contributed by atoms with Crippen molar-refractivity contribution in [2.75, 3.05) is 12.9 Å². The minimum atomic E-state index is -3.51. The van der Waals surface area contributed by atoms with Crippen LogP contribution in [0.1, 0.15) is 81.5 Å². The molecule has 1 aromatic heterocycles. The number of aromatic amines is 1. The van der Waals surface area contributed by atoms with E-state index in [4.69, 9.17) is 14.8 Å². The number of carboxylic acids is 1. The van der Waals surface area contributed by atoms with Crippen molar-refractivity contribution in [1.29, 1.82) is 0 Å². The van der Waals surface area contributed by atoms with Gasteiger partial charge >= 0.3 is 5.97 Å². The molecule has 7 rings (SSSR count). The van der Waals surface area contributed by atoms with Crippen LogP contribution in [0.4, 0.5) is 0 Å².